The van der Waals surface area contributed by atoms with Gasteiger partial charge in [-0.05, 0) is 43.9 Å². The second-order valence-corrected chi connectivity index (χ2v) is 10.5. The molecule has 2 aromatic carbocycles. The maximum atomic E-state index is 14.3. The maximum Gasteiger partial charge on any atom is 0.243 e. The highest BCUT2D eigenvalue weighted by Gasteiger charge is 2.29. The molecule has 2 amide bonds. The minimum absolute atomic E-state index is 0.0143. The van der Waals surface area contributed by atoms with Crippen molar-refractivity contribution in [3.8, 4) is 0 Å². The molecule has 0 heterocycles. The molecule has 2 rings (SSSR count). The van der Waals surface area contributed by atoms with E-state index >= 15 is 0 Å². The lowest BCUT2D eigenvalue weighted by molar-refractivity contribution is -0.141. The third-order valence-electron chi connectivity index (χ3n) is 5.86. The smallest absolute Gasteiger partial charge is 0.243 e. The van der Waals surface area contributed by atoms with E-state index in [9.17, 15) is 22.4 Å². The van der Waals surface area contributed by atoms with Gasteiger partial charge >= 0.3 is 0 Å². The summed E-state index contributed by atoms with van der Waals surface area (Å²) < 4.78 is 39.9. The summed E-state index contributed by atoms with van der Waals surface area (Å²) in [5, 5.41) is 2.96. The topological polar surface area (TPSA) is 86.8 Å². The van der Waals surface area contributed by atoms with Gasteiger partial charge in [0.1, 0.15) is 11.9 Å². The molecule has 2 atom stereocenters. The fourth-order valence-corrected chi connectivity index (χ4v) is 4.74. The van der Waals surface area contributed by atoms with Gasteiger partial charge in [-0.25, -0.2) is 12.8 Å². The lowest BCUT2D eigenvalue weighted by atomic mass is 10.1. The molecule has 7 nitrogen and oxygen atoms in total. The van der Waals surface area contributed by atoms with Crippen molar-refractivity contribution in [3.05, 3.63) is 66.0 Å². The third-order valence-corrected chi connectivity index (χ3v) is 7.04. The van der Waals surface area contributed by atoms with E-state index in [-0.39, 0.29) is 49.5 Å². The number of benzene rings is 2. The Morgan fingerprint density at radius 2 is 1.63 bits per heavy atom. The zero-order valence-corrected chi connectivity index (χ0v) is 21.7. The zero-order valence-electron chi connectivity index (χ0n) is 20.9. The summed E-state index contributed by atoms with van der Waals surface area (Å²) in [6.45, 7) is 5.95. The van der Waals surface area contributed by atoms with Crippen molar-refractivity contribution >= 4 is 27.5 Å². The van der Waals surface area contributed by atoms with Crippen molar-refractivity contribution < 1.29 is 22.4 Å². The predicted octanol–water partition coefficient (Wildman–Crippen LogP) is 4.09. The average Bonchev–Trinajstić information content (AvgIpc) is 2.82. The van der Waals surface area contributed by atoms with E-state index < -0.39 is 21.9 Å². The van der Waals surface area contributed by atoms with Gasteiger partial charge in [-0.3, -0.25) is 13.9 Å². The Kier molecular flexibility index (Phi) is 10.7. The van der Waals surface area contributed by atoms with Crippen LogP contribution in [-0.4, -0.2) is 50.0 Å². The van der Waals surface area contributed by atoms with E-state index in [4.69, 9.17) is 0 Å². The number of para-hydroxylation sites is 1. The Morgan fingerprint density at radius 3 is 2.20 bits per heavy atom. The molecule has 0 unspecified atom stereocenters. The lowest BCUT2D eigenvalue weighted by Gasteiger charge is -2.32. The van der Waals surface area contributed by atoms with Crippen molar-refractivity contribution in [1.29, 1.82) is 0 Å². The number of hydrogen-bond donors (Lipinski definition) is 1. The van der Waals surface area contributed by atoms with Gasteiger partial charge in [-0.15, -0.1) is 0 Å². The van der Waals surface area contributed by atoms with E-state index in [1.54, 1.807) is 11.0 Å². The summed E-state index contributed by atoms with van der Waals surface area (Å²) in [4.78, 5) is 27.9. The first-order chi connectivity index (χ1) is 16.6. The number of rotatable bonds is 13. The van der Waals surface area contributed by atoms with E-state index in [1.807, 2.05) is 51.1 Å². The molecular formula is C26H36FN3O4S. The Labute approximate surface area is 208 Å². The van der Waals surface area contributed by atoms with Gasteiger partial charge in [0.15, 0.2) is 0 Å². The molecule has 192 valence electrons. The monoisotopic (exact) mass is 505 g/mol. The molecule has 0 radical (unpaired) electrons. The van der Waals surface area contributed by atoms with Crippen molar-refractivity contribution in [2.45, 2.75) is 65.1 Å². The van der Waals surface area contributed by atoms with Crippen LogP contribution in [0.4, 0.5) is 10.1 Å². The SMILES string of the molecule is CC[C@@H](C)NC(=O)[C@H](CC)N(Cc1ccccc1)C(=O)CCCN(c1ccccc1F)S(C)(=O)=O. The molecule has 0 aliphatic carbocycles. The summed E-state index contributed by atoms with van der Waals surface area (Å²) in [6, 6.07) is 14.4. The number of carbonyl (C=O) groups is 2. The highest BCUT2D eigenvalue weighted by Crippen LogP contribution is 2.22. The van der Waals surface area contributed by atoms with Gasteiger partial charge in [0, 0.05) is 25.6 Å². The van der Waals surface area contributed by atoms with Gasteiger partial charge < -0.3 is 10.2 Å². The van der Waals surface area contributed by atoms with Crippen LogP contribution in [0, 0.1) is 5.82 Å². The molecule has 0 aliphatic heterocycles. The van der Waals surface area contributed by atoms with Crippen LogP contribution in [0.15, 0.2) is 54.6 Å². The molecule has 0 fully saturated rings. The first-order valence-corrected chi connectivity index (χ1v) is 13.8. The fourth-order valence-electron chi connectivity index (χ4n) is 3.78. The number of hydrogen-bond acceptors (Lipinski definition) is 4. The fraction of sp³-hybridized carbons (Fsp3) is 0.462. The highest BCUT2D eigenvalue weighted by molar-refractivity contribution is 7.92. The molecule has 0 aromatic heterocycles. The van der Waals surface area contributed by atoms with Crippen molar-refractivity contribution in [1.82, 2.24) is 10.2 Å². The van der Waals surface area contributed by atoms with Gasteiger partial charge in [-0.2, -0.15) is 0 Å². The summed E-state index contributed by atoms with van der Waals surface area (Å²) >= 11 is 0. The largest absolute Gasteiger partial charge is 0.352 e. The van der Waals surface area contributed by atoms with Gasteiger partial charge in [-0.1, -0.05) is 56.3 Å². The number of nitrogens with zero attached hydrogens (tertiary/aromatic N) is 2. The quantitative estimate of drug-likeness (QED) is 0.444. The van der Waals surface area contributed by atoms with Gasteiger partial charge in [0.25, 0.3) is 0 Å². The highest BCUT2D eigenvalue weighted by atomic mass is 32.2. The Morgan fingerprint density at radius 1 is 1.00 bits per heavy atom. The number of amides is 2. The Bertz CT molecular complexity index is 1080. The molecule has 9 heteroatoms. The normalized spacial score (nSPS) is 13.1. The van der Waals surface area contributed by atoms with Crippen molar-refractivity contribution in [3.63, 3.8) is 0 Å². The third kappa shape index (κ3) is 8.35. The van der Waals surface area contributed by atoms with Crippen LogP contribution in [0.5, 0.6) is 0 Å². The maximum absolute atomic E-state index is 14.3. The Balaban J connectivity index is 2.20. The van der Waals surface area contributed by atoms with E-state index in [0.29, 0.717) is 6.42 Å². The van der Waals surface area contributed by atoms with Crippen molar-refractivity contribution in [2.24, 2.45) is 0 Å². The second-order valence-electron chi connectivity index (χ2n) is 8.64. The summed E-state index contributed by atoms with van der Waals surface area (Å²) in [6.07, 6.45) is 2.41. The second kappa shape index (κ2) is 13.2. The summed E-state index contributed by atoms with van der Waals surface area (Å²) in [5.74, 6) is -1.13. The molecule has 1 N–H and O–H groups in total. The van der Waals surface area contributed by atoms with Crippen LogP contribution >= 0.6 is 0 Å². The first kappa shape index (κ1) is 28.3. The minimum atomic E-state index is -3.75. The number of anilines is 1. The van der Waals surface area contributed by atoms with Crippen LogP contribution in [0.1, 0.15) is 52.0 Å². The molecule has 2 aromatic rings. The number of nitrogens with one attached hydrogen (secondary N) is 1. The van der Waals surface area contributed by atoms with Crippen LogP contribution in [0.25, 0.3) is 0 Å². The number of halogens is 1. The van der Waals surface area contributed by atoms with Crippen LogP contribution in [0.2, 0.25) is 0 Å². The lowest BCUT2D eigenvalue weighted by Crippen LogP contribution is -2.50. The predicted molar refractivity (Wildman–Crippen MR) is 137 cm³/mol. The number of carbonyl (C=O) groups excluding carboxylic acids is 2. The minimum Gasteiger partial charge on any atom is -0.352 e. The van der Waals surface area contributed by atoms with E-state index in [2.05, 4.69) is 5.32 Å². The van der Waals surface area contributed by atoms with Crippen molar-refractivity contribution in [2.75, 3.05) is 17.1 Å². The van der Waals surface area contributed by atoms with Gasteiger partial charge in [0.2, 0.25) is 21.8 Å². The van der Waals surface area contributed by atoms with Crippen LogP contribution in [-0.2, 0) is 26.2 Å². The average molecular weight is 506 g/mol. The molecule has 0 aliphatic rings. The molecule has 0 saturated heterocycles. The summed E-state index contributed by atoms with van der Waals surface area (Å²) in [5.41, 5.74) is 0.836. The molecule has 0 saturated carbocycles. The molecular weight excluding hydrogens is 469 g/mol. The standard InChI is InChI=1S/C26H36FN3O4S/c1-5-20(3)28-26(32)23(6-2)29(19-21-13-8-7-9-14-21)25(31)17-12-18-30(35(4,33)34)24-16-11-10-15-22(24)27/h7-11,13-16,20,23H,5-6,12,17-19H2,1-4H3,(H,28,32)/t20-,23+/m1/s1. The number of sulfonamides is 1. The van der Waals surface area contributed by atoms with Crippen LogP contribution in [0.3, 0.4) is 0 Å². The van der Waals surface area contributed by atoms with E-state index in [0.717, 1.165) is 22.5 Å². The van der Waals surface area contributed by atoms with E-state index in [1.165, 1.54) is 18.2 Å². The molecule has 0 spiro atoms. The zero-order chi connectivity index (χ0) is 26.0. The first-order valence-electron chi connectivity index (χ1n) is 11.9. The van der Waals surface area contributed by atoms with Gasteiger partial charge in [0.05, 0.1) is 11.9 Å². The Hall–Kier alpha value is -2.94. The molecule has 35 heavy (non-hydrogen) atoms. The molecule has 0 bridgehead atoms. The van der Waals surface area contributed by atoms with Crippen LogP contribution < -0.4 is 9.62 Å². The summed E-state index contributed by atoms with van der Waals surface area (Å²) in [7, 11) is -3.75.